The van der Waals surface area contributed by atoms with Crippen molar-refractivity contribution in [3.8, 4) is 11.5 Å². The maximum absolute atomic E-state index is 12.9. The second-order valence-electron chi connectivity index (χ2n) is 8.67. The van der Waals surface area contributed by atoms with E-state index in [-0.39, 0.29) is 17.2 Å². The molecule has 2 aliphatic heterocycles. The van der Waals surface area contributed by atoms with E-state index < -0.39 is 5.97 Å². The quantitative estimate of drug-likeness (QED) is 0.478. The van der Waals surface area contributed by atoms with Gasteiger partial charge < -0.3 is 14.2 Å². The number of nitrogens with zero attached hydrogens (tertiary/aromatic N) is 2. The van der Waals surface area contributed by atoms with E-state index in [1.807, 2.05) is 55.1 Å². The number of aromatic nitrogens is 2. The van der Waals surface area contributed by atoms with Crippen LogP contribution in [-0.2, 0) is 10.3 Å². The Hall–Kier alpha value is -2.86. The Morgan fingerprint density at radius 2 is 1.97 bits per heavy atom. The lowest BCUT2D eigenvalue weighted by molar-refractivity contribution is 0.00383. The summed E-state index contributed by atoms with van der Waals surface area (Å²) in [6.07, 6.45) is 3.85. The first kappa shape index (κ1) is 18.2. The predicted molar refractivity (Wildman–Crippen MR) is 108 cm³/mol. The second-order valence-corrected chi connectivity index (χ2v) is 8.67. The Kier molecular flexibility index (Phi) is 3.96. The molecule has 6 nitrogen and oxygen atoms in total. The van der Waals surface area contributed by atoms with Gasteiger partial charge in [0.25, 0.3) is 0 Å². The van der Waals surface area contributed by atoms with E-state index in [0.717, 1.165) is 23.7 Å². The molecule has 2 saturated heterocycles. The largest absolute Gasteiger partial charge is 0.490 e. The summed E-state index contributed by atoms with van der Waals surface area (Å²) in [5.74, 6) is 0.539. The molecule has 29 heavy (non-hydrogen) atoms. The lowest BCUT2D eigenvalue weighted by Crippen LogP contribution is -2.49. The van der Waals surface area contributed by atoms with Crippen LogP contribution in [0.5, 0.6) is 11.5 Å². The number of carbonyl (C=O) groups excluding carboxylic acids is 1. The molecule has 150 valence electrons. The number of ether oxygens (including phenoxy) is 3. The molecule has 3 fully saturated rings. The van der Waals surface area contributed by atoms with Gasteiger partial charge >= 0.3 is 5.97 Å². The van der Waals surface area contributed by atoms with Crippen LogP contribution in [0.2, 0.25) is 0 Å². The number of hydrogen-bond acceptors (Lipinski definition) is 5. The fourth-order valence-electron chi connectivity index (χ4n) is 4.54. The Labute approximate surface area is 169 Å². The number of fused-ring (bicyclic) bond motifs is 2. The highest BCUT2D eigenvalue weighted by atomic mass is 16.5. The van der Waals surface area contributed by atoms with Gasteiger partial charge in [0.2, 0.25) is 0 Å². The normalized spacial score (nSPS) is 25.2. The van der Waals surface area contributed by atoms with E-state index in [4.69, 9.17) is 19.3 Å². The van der Waals surface area contributed by atoms with Crippen molar-refractivity contribution in [2.75, 3.05) is 6.61 Å². The zero-order valence-electron chi connectivity index (χ0n) is 16.8. The average molecular weight is 392 g/mol. The molecule has 3 aliphatic rings. The summed E-state index contributed by atoms with van der Waals surface area (Å²) in [4.78, 5) is 12.9. The average Bonchev–Trinajstić information content (AvgIpc) is 3.31. The maximum atomic E-state index is 12.9. The minimum Gasteiger partial charge on any atom is -0.490 e. The minimum absolute atomic E-state index is 0.0191. The van der Waals surface area contributed by atoms with Gasteiger partial charge in [0.05, 0.1) is 29.4 Å². The van der Waals surface area contributed by atoms with Gasteiger partial charge in [0.1, 0.15) is 17.1 Å². The van der Waals surface area contributed by atoms with Gasteiger partial charge in [-0.05, 0) is 39.0 Å². The highest BCUT2D eigenvalue weighted by Gasteiger charge is 2.61. The number of carbonyl (C=O) groups is 1. The van der Waals surface area contributed by atoms with Crippen LogP contribution in [-0.4, -0.2) is 34.1 Å². The monoisotopic (exact) mass is 392 g/mol. The van der Waals surface area contributed by atoms with Crippen LogP contribution in [0.1, 0.15) is 44.0 Å². The summed E-state index contributed by atoms with van der Waals surface area (Å²) in [5, 5.41) is 5.68. The molecule has 3 heterocycles. The van der Waals surface area contributed by atoms with Crippen LogP contribution >= 0.6 is 0 Å². The Morgan fingerprint density at radius 3 is 2.62 bits per heavy atom. The number of benzene rings is 2. The van der Waals surface area contributed by atoms with Crippen molar-refractivity contribution in [1.29, 1.82) is 0 Å². The van der Waals surface area contributed by atoms with E-state index in [2.05, 4.69) is 6.92 Å². The van der Waals surface area contributed by atoms with E-state index >= 15 is 0 Å². The van der Waals surface area contributed by atoms with Crippen LogP contribution in [0.3, 0.4) is 0 Å². The van der Waals surface area contributed by atoms with E-state index in [1.54, 1.807) is 12.1 Å². The third-order valence-corrected chi connectivity index (χ3v) is 5.72. The summed E-state index contributed by atoms with van der Waals surface area (Å²) in [6.45, 7) is 6.68. The molecule has 6 heteroatoms. The fourth-order valence-corrected chi connectivity index (χ4v) is 4.54. The molecule has 0 N–H and O–H groups in total. The number of rotatable bonds is 5. The SMILES string of the molecule is CC(C)Oc1cc2nn(C34COC(C)(C3)C4)cc2cc1C(=O)Oc1ccccc1. The molecule has 2 aromatic carbocycles. The summed E-state index contributed by atoms with van der Waals surface area (Å²) >= 11 is 0. The van der Waals surface area contributed by atoms with E-state index in [9.17, 15) is 4.79 Å². The van der Waals surface area contributed by atoms with Crippen molar-refractivity contribution in [2.24, 2.45) is 0 Å². The smallest absolute Gasteiger partial charge is 0.347 e. The molecular formula is C23H24N2O4. The summed E-state index contributed by atoms with van der Waals surface area (Å²) in [7, 11) is 0. The molecular weight excluding hydrogens is 368 g/mol. The predicted octanol–water partition coefficient (Wildman–Crippen LogP) is 4.32. The highest BCUT2D eigenvalue weighted by Crippen LogP contribution is 2.55. The molecule has 1 aliphatic carbocycles. The third-order valence-electron chi connectivity index (χ3n) is 5.72. The van der Waals surface area contributed by atoms with Crippen molar-refractivity contribution < 1.29 is 19.0 Å². The molecule has 1 aromatic heterocycles. The first-order valence-electron chi connectivity index (χ1n) is 9.98. The standard InChI is InChI=1S/C23H24N2O4/c1-15(2)28-20-10-19-16(9-18(20)21(26)29-17-7-5-4-6-8-17)11-25(24-19)23-12-22(3,13-23)27-14-23/h4-11,15H,12-14H2,1-3H3. The van der Waals surface area contributed by atoms with Crippen molar-refractivity contribution in [3.05, 3.63) is 54.2 Å². The van der Waals surface area contributed by atoms with Crippen LogP contribution in [0.4, 0.5) is 0 Å². The van der Waals surface area contributed by atoms with E-state index in [0.29, 0.717) is 23.7 Å². The van der Waals surface area contributed by atoms with Gasteiger partial charge in [-0.2, -0.15) is 5.10 Å². The van der Waals surface area contributed by atoms with Gasteiger partial charge in [-0.25, -0.2) is 4.79 Å². The van der Waals surface area contributed by atoms with Gasteiger partial charge in [0.15, 0.2) is 0 Å². The van der Waals surface area contributed by atoms with E-state index in [1.165, 1.54) is 0 Å². The topological polar surface area (TPSA) is 62.6 Å². The second kappa shape index (κ2) is 6.32. The number of esters is 1. The highest BCUT2D eigenvalue weighted by molar-refractivity contribution is 5.98. The Bertz CT molecular complexity index is 1080. The molecule has 3 aromatic rings. The van der Waals surface area contributed by atoms with Crippen LogP contribution in [0.15, 0.2) is 48.7 Å². The zero-order valence-corrected chi connectivity index (χ0v) is 16.8. The zero-order chi connectivity index (χ0) is 20.2. The lowest BCUT2D eigenvalue weighted by Gasteiger charge is -2.42. The molecule has 0 radical (unpaired) electrons. The van der Waals surface area contributed by atoms with Crippen molar-refractivity contribution in [1.82, 2.24) is 9.78 Å². The molecule has 6 rings (SSSR count). The fraction of sp³-hybridized carbons (Fsp3) is 0.391. The van der Waals surface area contributed by atoms with Crippen LogP contribution in [0, 0.1) is 0 Å². The molecule has 1 saturated carbocycles. The number of para-hydroxylation sites is 1. The molecule has 2 bridgehead atoms. The first-order chi connectivity index (χ1) is 13.9. The summed E-state index contributed by atoms with van der Waals surface area (Å²) in [5.41, 5.74) is 1.10. The van der Waals surface area contributed by atoms with Crippen molar-refractivity contribution in [3.63, 3.8) is 0 Å². The molecule has 0 amide bonds. The maximum Gasteiger partial charge on any atom is 0.347 e. The van der Waals surface area contributed by atoms with Gasteiger partial charge in [0, 0.05) is 30.5 Å². The first-order valence-corrected chi connectivity index (χ1v) is 9.98. The number of hydrogen-bond donors (Lipinski definition) is 0. The lowest BCUT2D eigenvalue weighted by atomic mass is 9.69. The van der Waals surface area contributed by atoms with Crippen molar-refractivity contribution in [2.45, 2.75) is 50.9 Å². The van der Waals surface area contributed by atoms with Crippen LogP contribution in [0.25, 0.3) is 10.9 Å². The van der Waals surface area contributed by atoms with Gasteiger partial charge in [-0.1, -0.05) is 18.2 Å². The van der Waals surface area contributed by atoms with Gasteiger partial charge in [-0.3, -0.25) is 4.68 Å². The third kappa shape index (κ3) is 3.08. The molecule has 0 atom stereocenters. The molecule has 0 unspecified atom stereocenters. The van der Waals surface area contributed by atoms with Crippen molar-refractivity contribution >= 4 is 16.9 Å². The minimum atomic E-state index is -0.444. The van der Waals surface area contributed by atoms with Crippen LogP contribution < -0.4 is 9.47 Å². The summed E-state index contributed by atoms with van der Waals surface area (Å²) < 4.78 is 19.4. The molecule has 0 spiro atoms. The Balaban J connectivity index is 1.52. The summed E-state index contributed by atoms with van der Waals surface area (Å²) in [6, 6.07) is 12.7. The van der Waals surface area contributed by atoms with Gasteiger partial charge in [-0.15, -0.1) is 0 Å². The Morgan fingerprint density at radius 1 is 1.21 bits per heavy atom.